The molecule has 232 valence electrons. The van der Waals surface area contributed by atoms with E-state index in [2.05, 4.69) is 35.8 Å². The van der Waals surface area contributed by atoms with Crippen LogP contribution >= 0.6 is 0 Å². The predicted octanol–water partition coefficient (Wildman–Crippen LogP) is 7.88. The number of aromatic nitrogens is 1. The molecule has 1 heterocycles. The van der Waals surface area contributed by atoms with Gasteiger partial charge in [0.05, 0.1) is 7.11 Å². The number of nitrogens with one attached hydrogen (secondary N) is 1. The Bertz CT molecular complexity index is 1420. The highest BCUT2D eigenvalue weighted by Crippen LogP contribution is 2.38. The smallest absolute Gasteiger partial charge is 0.493 e. The van der Waals surface area contributed by atoms with Gasteiger partial charge in [0.1, 0.15) is 28.6 Å². The van der Waals surface area contributed by atoms with Gasteiger partial charge in [-0.25, -0.2) is 4.39 Å². The Morgan fingerprint density at radius 2 is 1.65 bits per heavy atom. The Morgan fingerprint density at radius 3 is 2.23 bits per heavy atom. The van der Waals surface area contributed by atoms with Gasteiger partial charge < -0.3 is 25.3 Å². The summed E-state index contributed by atoms with van der Waals surface area (Å²) in [6.07, 6.45) is 3.69. The second-order valence-corrected chi connectivity index (χ2v) is 11.0. The van der Waals surface area contributed by atoms with Gasteiger partial charge in [-0.3, -0.25) is 14.6 Å². The highest BCUT2D eigenvalue weighted by atomic mass is 19.4. The molecule has 1 aromatic heterocycles. The molecule has 1 fully saturated rings. The normalized spacial score (nSPS) is 13.8. The van der Waals surface area contributed by atoms with Gasteiger partial charge in [0.2, 0.25) is 0 Å². The van der Waals surface area contributed by atoms with Gasteiger partial charge in [-0.2, -0.15) is 0 Å². The second-order valence-electron chi connectivity index (χ2n) is 11.0. The molecular formula is C31H35F4N3O5. The summed E-state index contributed by atoms with van der Waals surface area (Å²) in [4.78, 5) is 27.8. The molecule has 1 aliphatic carbocycles. The fraction of sp³-hybridized carbons (Fsp3) is 0.387. The molecule has 8 nitrogen and oxygen atoms in total. The first-order chi connectivity index (χ1) is 20.2. The van der Waals surface area contributed by atoms with Crippen LogP contribution in [0.3, 0.4) is 0 Å². The molecule has 0 atom stereocenters. The lowest BCUT2D eigenvalue weighted by Gasteiger charge is -2.33. The molecule has 43 heavy (non-hydrogen) atoms. The van der Waals surface area contributed by atoms with Crippen molar-refractivity contribution >= 4 is 17.5 Å². The van der Waals surface area contributed by atoms with Crippen LogP contribution < -0.4 is 25.3 Å². The van der Waals surface area contributed by atoms with Gasteiger partial charge in [-0.1, -0.05) is 46.1 Å². The third-order valence-electron chi connectivity index (χ3n) is 6.89. The monoisotopic (exact) mass is 605 g/mol. The van der Waals surface area contributed by atoms with Crippen molar-refractivity contribution in [2.75, 3.05) is 12.4 Å². The quantitative estimate of drug-likeness (QED) is 0.265. The van der Waals surface area contributed by atoms with Crippen LogP contribution in [0.15, 0.2) is 54.7 Å². The number of rotatable bonds is 7. The summed E-state index contributed by atoms with van der Waals surface area (Å²) in [5.74, 6) is -2.77. The zero-order valence-corrected chi connectivity index (χ0v) is 24.4. The van der Waals surface area contributed by atoms with Crippen molar-refractivity contribution < 1.29 is 41.4 Å². The number of primary amides is 1. The zero-order valence-electron chi connectivity index (χ0n) is 24.4. The minimum atomic E-state index is -4.91. The van der Waals surface area contributed by atoms with Crippen LogP contribution in [0, 0.1) is 17.2 Å². The number of hydrogen-bond acceptors (Lipinski definition) is 6. The number of alkyl halides is 3. The van der Waals surface area contributed by atoms with E-state index in [0.29, 0.717) is 5.41 Å². The maximum Gasteiger partial charge on any atom is 0.573 e. The number of benzene rings is 2. The molecule has 1 saturated carbocycles. The van der Waals surface area contributed by atoms with Crippen molar-refractivity contribution in [1.29, 1.82) is 0 Å². The van der Waals surface area contributed by atoms with E-state index >= 15 is 0 Å². The van der Waals surface area contributed by atoms with Crippen LogP contribution in [0.25, 0.3) is 0 Å². The predicted molar refractivity (Wildman–Crippen MR) is 153 cm³/mol. The zero-order chi connectivity index (χ0) is 31.8. The molecule has 0 spiro atoms. The standard InChI is InChI=1S/C21H15F4N3O5.C10H20/c1-31-17-10-12(33-21(23,24)25)5-6-15(17)32-16-4-2-3-13(22)18(16)20(30)28-11-7-8-27-14(9-11)19(26)29;1-10(2,3)9-7-5-4-6-8-9/h2-10H,1H3,(H2,26,29)(H,27,28,30);9H,4-8H2,1-3H3. The molecule has 1 aliphatic rings. The number of amides is 2. The van der Waals surface area contributed by atoms with Crippen LogP contribution in [-0.4, -0.2) is 30.3 Å². The van der Waals surface area contributed by atoms with Crippen LogP contribution in [0.4, 0.5) is 23.2 Å². The molecule has 4 rings (SSSR count). The number of anilines is 1. The molecule has 3 aromatic rings. The topological polar surface area (TPSA) is 113 Å². The molecular weight excluding hydrogens is 570 g/mol. The van der Waals surface area contributed by atoms with Crippen molar-refractivity contribution in [2.24, 2.45) is 17.1 Å². The summed E-state index contributed by atoms with van der Waals surface area (Å²) in [5.41, 5.74) is 5.21. The second kappa shape index (κ2) is 14.2. The Labute approximate surface area is 247 Å². The van der Waals surface area contributed by atoms with Crippen LogP contribution in [-0.2, 0) is 0 Å². The SMILES string of the molecule is CC(C)(C)C1CCCCC1.COc1cc(OC(F)(F)F)ccc1Oc1cccc(F)c1C(=O)Nc1ccnc(C(N)=O)c1. The molecule has 12 heteroatoms. The number of methoxy groups -OCH3 is 1. The molecule has 2 aromatic carbocycles. The molecule has 0 radical (unpaired) electrons. The Balaban J connectivity index is 0.000000428. The number of nitrogens with zero attached hydrogens (tertiary/aromatic N) is 1. The molecule has 2 amide bonds. The van der Waals surface area contributed by atoms with E-state index in [0.717, 1.165) is 30.2 Å². The van der Waals surface area contributed by atoms with Crippen molar-refractivity contribution in [3.63, 3.8) is 0 Å². The number of ether oxygens (including phenoxy) is 3. The lowest BCUT2D eigenvalue weighted by Crippen LogP contribution is -2.22. The Morgan fingerprint density at radius 1 is 0.953 bits per heavy atom. The minimum absolute atomic E-state index is 0.105. The lowest BCUT2D eigenvalue weighted by molar-refractivity contribution is -0.274. The summed E-state index contributed by atoms with van der Waals surface area (Å²) in [5, 5.41) is 2.40. The van der Waals surface area contributed by atoms with E-state index in [1.807, 2.05) is 0 Å². The number of hydrogen-bond donors (Lipinski definition) is 2. The molecule has 0 aliphatic heterocycles. The van der Waals surface area contributed by atoms with Gasteiger partial charge in [-0.05, 0) is 60.6 Å². The summed E-state index contributed by atoms with van der Waals surface area (Å²) >= 11 is 0. The fourth-order valence-corrected chi connectivity index (χ4v) is 4.66. The first-order valence-corrected chi connectivity index (χ1v) is 13.7. The first-order valence-electron chi connectivity index (χ1n) is 13.7. The van der Waals surface area contributed by atoms with Crippen molar-refractivity contribution in [3.05, 3.63) is 71.8 Å². The average molecular weight is 606 g/mol. The summed E-state index contributed by atoms with van der Waals surface area (Å²) in [6.45, 7) is 7.13. The molecule has 0 bridgehead atoms. The van der Waals surface area contributed by atoms with E-state index in [9.17, 15) is 27.2 Å². The fourth-order valence-electron chi connectivity index (χ4n) is 4.66. The lowest BCUT2D eigenvalue weighted by atomic mass is 9.72. The number of pyridine rings is 1. The van der Waals surface area contributed by atoms with E-state index in [-0.39, 0.29) is 28.6 Å². The Kier molecular flexibility index (Phi) is 11.0. The van der Waals surface area contributed by atoms with Crippen molar-refractivity contribution in [3.8, 4) is 23.0 Å². The van der Waals surface area contributed by atoms with Crippen molar-refractivity contribution in [1.82, 2.24) is 4.98 Å². The molecule has 3 N–H and O–H groups in total. The highest BCUT2D eigenvalue weighted by Gasteiger charge is 2.31. The number of halogens is 4. The van der Waals surface area contributed by atoms with Gasteiger partial charge >= 0.3 is 6.36 Å². The largest absolute Gasteiger partial charge is 0.573 e. The van der Waals surface area contributed by atoms with Gasteiger partial charge in [-0.15, -0.1) is 13.2 Å². The maximum atomic E-state index is 14.5. The van der Waals surface area contributed by atoms with E-state index in [4.69, 9.17) is 15.2 Å². The molecule has 0 saturated heterocycles. The summed E-state index contributed by atoms with van der Waals surface area (Å²) in [6, 6.07) is 9.11. The first kappa shape index (κ1) is 33.2. The number of carbonyl (C=O) groups excluding carboxylic acids is 2. The van der Waals surface area contributed by atoms with E-state index < -0.39 is 35.3 Å². The average Bonchev–Trinajstić information content (AvgIpc) is 2.93. The Hall–Kier alpha value is -4.35. The van der Waals surface area contributed by atoms with E-state index in [1.165, 1.54) is 69.7 Å². The number of carbonyl (C=O) groups is 2. The highest BCUT2D eigenvalue weighted by molar-refractivity contribution is 6.07. The van der Waals surface area contributed by atoms with Gasteiger partial charge in [0.25, 0.3) is 11.8 Å². The third kappa shape index (κ3) is 9.86. The van der Waals surface area contributed by atoms with Gasteiger partial charge in [0.15, 0.2) is 11.5 Å². The van der Waals surface area contributed by atoms with Gasteiger partial charge in [0, 0.05) is 18.0 Å². The van der Waals surface area contributed by atoms with Crippen LogP contribution in [0.1, 0.15) is 73.7 Å². The third-order valence-corrected chi connectivity index (χ3v) is 6.89. The molecule has 0 unspecified atom stereocenters. The summed E-state index contributed by atoms with van der Waals surface area (Å²) in [7, 11) is 1.18. The van der Waals surface area contributed by atoms with Crippen LogP contribution in [0.2, 0.25) is 0 Å². The minimum Gasteiger partial charge on any atom is -0.493 e. The van der Waals surface area contributed by atoms with Crippen molar-refractivity contribution in [2.45, 2.75) is 59.2 Å². The van der Waals surface area contributed by atoms with Crippen LogP contribution in [0.5, 0.6) is 23.0 Å². The maximum absolute atomic E-state index is 14.5. The summed E-state index contributed by atoms with van der Waals surface area (Å²) < 4.78 is 66.3. The van der Waals surface area contributed by atoms with E-state index in [1.54, 1.807) is 0 Å². The number of nitrogens with two attached hydrogens (primary N) is 1.